The number of hydrogen-bond acceptors (Lipinski definition) is 2. The number of hydrogen-bond donors (Lipinski definition) is 1. The van der Waals surface area contributed by atoms with Crippen molar-refractivity contribution in [3.05, 3.63) is 70.4 Å². The molecule has 1 nitrogen and oxygen atoms in total. The van der Waals surface area contributed by atoms with E-state index in [0.717, 1.165) is 19.3 Å². The Hall–Kier alpha value is -1.64. The van der Waals surface area contributed by atoms with Gasteiger partial charge in [-0.05, 0) is 58.0 Å². The van der Waals surface area contributed by atoms with Gasteiger partial charge in [-0.2, -0.15) is 11.3 Å². The molecular weight excluding hydrogens is 262 g/mol. The van der Waals surface area contributed by atoms with Crippen LogP contribution in [-0.2, 0) is 12.8 Å². The molecular formula is C18H19NS. The number of nitrogens with two attached hydrogens (primary N) is 1. The normalized spacial score (nSPS) is 12.7. The highest BCUT2D eigenvalue weighted by Gasteiger charge is 2.07. The molecule has 0 saturated carbocycles. The van der Waals surface area contributed by atoms with Gasteiger partial charge in [0.1, 0.15) is 0 Å². The Labute approximate surface area is 124 Å². The van der Waals surface area contributed by atoms with Gasteiger partial charge in [-0.15, -0.1) is 0 Å². The minimum absolute atomic E-state index is 0.223. The van der Waals surface area contributed by atoms with E-state index in [-0.39, 0.29) is 6.04 Å². The van der Waals surface area contributed by atoms with E-state index in [1.54, 1.807) is 11.3 Å². The maximum absolute atomic E-state index is 6.32. The molecule has 2 heteroatoms. The van der Waals surface area contributed by atoms with Gasteiger partial charge in [0.25, 0.3) is 0 Å². The minimum Gasteiger partial charge on any atom is -0.327 e. The van der Waals surface area contributed by atoms with Crippen LogP contribution in [0.4, 0.5) is 0 Å². The molecule has 1 atom stereocenters. The van der Waals surface area contributed by atoms with E-state index in [1.165, 1.54) is 21.9 Å². The lowest BCUT2D eigenvalue weighted by Crippen LogP contribution is -2.23. The highest BCUT2D eigenvalue weighted by molar-refractivity contribution is 7.07. The SMILES string of the molecule is NC(CCc1ccsc1)Cc1cccc2ccccc12. The minimum atomic E-state index is 0.223. The fourth-order valence-electron chi connectivity index (χ4n) is 2.64. The van der Waals surface area contributed by atoms with E-state index in [9.17, 15) is 0 Å². The molecule has 0 radical (unpaired) electrons. The van der Waals surface area contributed by atoms with Crippen molar-refractivity contribution in [2.75, 3.05) is 0 Å². The van der Waals surface area contributed by atoms with E-state index in [2.05, 4.69) is 59.3 Å². The van der Waals surface area contributed by atoms with Crippen LogP contribution in [0, 0.1) is 0 Å². The van der Waals surface area contributed by atoms with Crippen LogP contribution in [0.3, 0.4) is 0 Å². The fraction of sp³-hybridized carbons (Fsp3) is 0.222. The van der Waals surface area contributed by atoms with Crippen LogP contribution in [0.2, 0.25) is 0 Å². The first-order chi connectivity index (χ1) is 9.83. The summed E-state index contributed by atoms with van der Waals surface area (Å²) in [6.07, 6.45) is 3.07. The average Bonchev–Trinajstić information content (AvgIpc) is 2.99. The molecule has 3 aromatic rings. The molecule has 0 saturated heterocycles. The van der Waals surface area contributed by atoms with Crippen LogP contribution in [0.5, 0.6) is 0 Å². The summed E-state index contributed by atoms with van der Waals surface area (Å²) >= 11 is 1.76. The molecule has 20 heavy (non-hydrogen) atoms. The molecule has 1 heterocycles. The smallest absolute Gasteiger partial charge is 0.00827 e. The van der Waals surface area contributed by atoms with Crippen molar-refractivity contribution in [3.63, 3.8) is 0 Å². The third kappa shape index (κ3) is 3.09. The molecule has 0 amide bonds. The summed E-state index contributed by atoms with van der Waals surface area (Å²) in [5.41, 5.74) is 9.08. The standard InChI is InChI=1S/C18H19NS/c19-17(9-8-14-10-11-20-13-14)12-16-6-3-5-15-4-1-2-7-18(15)16/h1-7,10-11,13,17H,8-9,12,19H2. The summed E-state index contributed by atoms with van der Waals surface area (Å²) in [7, 11) is 0. The fourth-order valence-corrected chi connectivity index (χ4v) is 3.35. The Morgan fingerprint density at radius 1 is 1.00 bits per heavy atom. The van der Waals surface area contributed by atoms with Crippen molar-refractivity contribution in [2.24, 2.45) is 5.73 Å². The molecule has 2 N–H and O–H groups in total. The third-order valence-corrected chi connectivity index (χ3v) is 4.48. The van der Waals surface area contributed by atoms with E-state index < -0.39 is 0 Å². The number of fused-ring (bicyclic) bond motifs is 1. The van der Waals surface area contributed by atoms with Crippen molar-refractivity contribution in [2.45, 2.75) is 25.3 Å². The van der Waals surface area contributed by atoms with Gasteiger partial charge in [0.05, 0.1) is 0 Å². The maximum atomic E-state index is 6.32. The Morgan fingerprint density at radius 2 is 1.85 bits per heavy atom. The van der Waals surface area contributed by atoms with Crippen molar-refractivity contribution < 1.29 is 0 Å². The summed E-state index contributed by atoms with van der Waals surface area (Å²) in [6, 6.07) is 17.4. The first-order valence-corrected chi connectivity index (χ1v) is 8.00. The van der Waals surface area contributed by atoms with Gasteiger partial charge in [0.2, 0.25) is 0 Å². The maximum Gasteiger partial charge on any atom is 0.00827 e. The second-order valence-corrected chi connectivity index (χ2v) is 6.05. The van der Waals surface area contributed by atoms with E-state index in [0.29, 0.717) is 0 Å². The summed E-state index contributed by atoms with van der Waals surface area (Å²) in [6.45, 7) is 0. The summed E-state index contributed by atoms with van der Waals surface area (Å²) < 4.78 is 0. The Kier molecular flexibility index (Phi) is 4.14. The molecule has 102 valence electrons. The first-order valence-electron chi connectivity index (χ1n) is 7.06. The quantitative estimate of drug-likeness (QED) is 0.737. The largest absolute Gasteiger partial charge is 0.327 e. The van der Waals surface area contributed by atoms with Crippen LogP contribution in [0.1, 0.15) is 17.5 Å². The highest BCUT2D eigenvalue weighted by Crippen LogP contribution is 2.20. The van der Waals surface area contributed by atoms with E-state index in [1.807, 2.05) is 0 Å². The molecule has 2 aromatic carbocycles. The summed E-state index contributed by atoms with van der Waals surface area (Å²) in [5, 5.41) is 6.98. The van der Waals surface area contributed by atoms with Crippen molar-refractivity contribution in [1.82, 2.24) is 0 Å². The van der Waals surface area contributed by atoms with Crippen molar-refractivity contribution >= 4 is 22.1 Å². The van der Waals surface area contributed by atoms with Gasteiger partial charge in [0.15, 0.2) is 0 Å². The lowest BCUT2D eigenvalue weighted by Gasteiger charge is -2.13. The zero-order chi connectivity index (χ0) is 13.8. The van der Waals surface area contributed by atoms with Crippen LogP contribution >= 0.6 is 11.3 Å². The highest BCUT2D eigenvalue weighted by atomic mass is 32.1. The Balaban J connectivity index is 1.69. The third-order valence-electron chi connectivity index (χ3n) is 3.75. The van der Waals surface area contributed by atoms with Gasteiger partial charge in [-0.3, -0.25) is 0 Å². The Morgan fingerprint density at radius 3 is 2.70 bits per heavy atom. The van der Waals surface area contributed by atoms with Gasteiger partial charge < -0.3 is 5.73 Å². The molecule has 0 aliphatic carbocycles. The molecule has 1 unspecified atom stereocenters. The van der Waals surface area contributed by atoms with Crippen molar-refractivity contribution in [1.29, 1.82) is 0 Å². The van der Waals surface area contributed by atoms with Gasteiger partial charge in [-0.1, -0.05) is 42.5 Å². The second-order valence-electron chi connectivity index (χ2n) is 5.27. The zero-order valence-corrected chi connectivity index (χ0v) is 12.3. The van der Waals surface area contributed by atoms with Gasteiger partial charge in [0, 0.05) is 6.04 Å². The van der Waals surface area contributed by atoms with Crippen LogP contribution < -0.4 is 5.73 Å². The molecule has 0 aliphatic rings. The van der Waals surface area contributed by atoms with E-state index in [4.69, 9.17) is 5.73 Å². The number of benzene rings is 2. The lowest BCUT2D eigenvalue weighted by molar-refractivity contribution is 0.613. The number of rotatable bonds is 5. The predicted molar refractivity (Wildman–Crippen MR) is 88.3 cm³/mol. The van der Waals surface area contributed by atoms with E-state index >= 15 is 0 Å². The lowest BCUT2D eigenvalue weighted by atomic mass is 9.96. The Bertz CT molecular complexity index is 667. The second kappa shape index (κ2) is 6.21. The predicted octanol–water partition coefficient (Wildman–Crippen LogP) is 4.40. The number of aryl methyl sites for hydroxylation is 1. The monoisotopic (exact) mass is 281 g/mol. The summed E-state index contributed by atoms with van der Waals surface area (Å²) in [4.78, 5) is 0. The molecule has 0 aliphatic heterocycles. The first kappa shape index (κ1) is 13.3. The van der Waals surface area contributed by atoms with Crippen LogP contribution in [0.25, 0.3) is 10.8 Å². The zero-order valence-electron chi connectivity index (χ0n) is 11.5. The molecule has 0 fully saturated rings. The van der Waals surface area contributed by atoms with Gasteiger partial charge in [-0.25, -0.2) is 0 Å². The van der Waals surface area contributed by atoms with Crippen LogP contribution in [-0.4, -0.2) is 6.04 Å². The number of thiophene rings is 1. The molecule has 1 aromatic heterocycles. The molecule has 3 rings (SSSR count). The summed E-state index contributed by atoms with van der Waals surface area (Å²) in [5.74, 6) is 0. The van der Waals surface area contributed by atoms with Crippen molar-refractivity contribution in [3.8, 4) is 0 Å². The topological polar surface area (TPSA) is 26.0 Å². The average molecular weight is 281 g/mol. The molecule has 0 bridgehead atoms. The molecule has 0 spiro atoms. The van der Waals surface area contributed by atoms with Gasteiger partial charge >= 0.3 is 0 Å². The van der Waals surface area contributed by atoms with Crippen LogP contribution in [0.15, 0.2) is 59.3 Å².